The van der Waals surface area contributed by atoms with Gasteiger partial charge in [0.05, 0.1) is 0 Å². The molecule has 0 nitrogen and oxygen atoms in total. The maximum absolute atomic E-state index is 2.57. The smallest absolute Gasteiger partial charge is 0.00235 e. The van der Waals surface area contributed by atoms with E-state index in [0.717, 1.165) is 25.7 Å². The van der Waals surface area contributed by atoms with E-state index in [9.17, 15) is 0 Å². The minimum absolute atomic E-state index is 1.13. The molecule has 0 unspecified atom stereocenters. The van der Waals surface area contributed by atoms with E-state index in [4.69, 9.17) is 0 Å². The molecule has 0 fully saturated rings. The predicted octanol–water partition coefficient (Wildman–Crippen LogP) is 10.2. The molecule has 0 saturated heterocycles. The van der Waals surface area contributed by atoms with Crippen molar-refractivity contribution in [1.82, 2.24) is 0 Å². The predicted molar refractivity (Wildman–Crippen MR) is 171 cm³/mol. The Hall–Kier alpha value is -3.90. The first-order valence-electron chi connectivity index (χ1n) is 15.4. The summed E-state index contributed by atoms with van der Waals surface area (Å²) in [6.07, 6.45) is 26.6. The molecule has 0 N–H and O–H groups in total. The normalized spacial score (nSPS) is 20.4. The van der Waals surface area contributed by atoms with Crippen LogP contribution in [0.2, 0.25) is 0 Å². The lowest BCUT2D eigenvalue weighted by atomic mass is 9.77. The number of benzene rings is 4. The molecule has 0 aliphatic heterocycles. The van der Waals surface area contributed by atoms with Crippen molar-refractivity contribution < 1.29 is 0 Å². The zero-order valence-electron chi connectivity index (χ0n) is 23.2. The highest BCUT2D eigenvalue weighted by Gasteiger charge is 2.24. The molecule has 0 saturated carbocycles. The number of allylic oxidation sites excluding steroid dienone is 12. The zero-order valence-corrected chi connectivity index (χ0v) is 23.2. The first kappa shape index (κ1) is 22.9. The van der Waals surface area contributed by atoms with Gasteiger partial charge < -0.3 is 0 Å². The summed E-state index contributed by atoms with van der Waals surface area (Å²) in [4.78, 5) is 0. The second-order valence-corrected chi connectivity index (χ2v) is 12.4. The molecule has 0 amide bonds. The van der Waals surface area contributed by atoms with Crippen LogP contribution in [0.25, 0.3) is 44.0 Å². The fourth-order valence-corrected chi connectivity index (χ4v) is 8.40. The lowest BCUT2D eigenvalue weighted by Gasteiger charge is -2.28. The molecule has 0 atom stereocenters. The van der Waals surface area contributed by atoms with E-state index in [1.807, 2.05) is 0 Å². The van der Waals surface area contributed by atoms with Gasteiger partial charge >= 0.3 is 0 Å². The Morgan fingerprint density at radius 1 is 0.450 bits per heavy atom. The van der Waals surface area contributed by atoms with Gasteiger partial charge in [-0.3, -0.25) is 0 Å². The number of fused-ring (bicyclic) bond motifs is 2. The Labute approximate surface area is 236 Å². The van der Waals surface area contributed by atoms with Gasteiger partial charge in [0.15, 0.2) is 0 Å². The van der Waals surface area contributed by atoms with E-state index in [1.165, 1.54) is 87.2 Å². The first-order valence-corrected chi connectivity index (χ1v) is 15.4. The summed E-state index contributed by atoms with van der Waals surface area (Å²) >= 11 is 0. The lowest BCUT2D eigenvalue weighted by Crippen LogP contribution is -2.10. The quantitative estimate of drug-likeness (QED) is 0.184. The Bertz CT molecular complexity index is 2030. The summed E-state index contributed by atoms with van der Waals surface area (Å²) in [6.45, 7) is 0. The molecule has 5 aliphatic carbocycles. The second-order valence-electron chi connectivity index (χ2n) is 12.4. The van der Waals surface area contributed by atoms with Gasteiger partial charge in [0.25, 0.3) is 0 Å². The van der Waals surface area contributed by atoms with Gasteiger partial charge in [-0.15, -0.1) is 0 Å². The molecule has 0 heteroatoms. The molecule has 9 rings (SSSR count). The Kier molecular flexibility index (Phi) is 5.03. The van der Waals surface area contributed by atoms with Crippen molar-refractivity contribution in [3.8, 4) is 0 Å². The summed E-state index contributed by atoms with van der Waals surface area (Å²) in [5, 5.41) is 10.1. The van der Waals surface area contributed by atoms with Gasteiger partial charge in [-0.1, -0.05) is 85.0 Å². The standard InChI is InChI=1S/C40H34/c1-2-7-27-22-28(15-14-25(27)6-1)29-16-17-31-24-32(19-18-30(31)23-29)33-20-21-38-36-11-4-9-26-8-3-10-35(39(26)36)37-13-5-12-34(33)40(37)38/h1,3,5-6,8-10,12-13,20-24H,2,4,7,11,14-19H2. The number of hydrogen-bond acceptors (Lipinski definition) is 0. The molecule has 0 aromatic heterocycles. The van der Waals surface area contributed by atoms with E-state index in [0.29, 0.717) is 0 Å². The molecule has 40 heavy (non-hydrogen) atoms. The van der Waals surface area contributed by atoms with Crippen molar-refractivity contribution in [3.63, 3.8) is 0 Å². The summed E-state index contributed by atoms with van der Waals surface area (Å²) < 4.78 is 0. The Balaban J connectivity index is 1.15. The van der Waals surface area contributed by atoms with Crippen LogP contribution in [0.4, 0.5) is 0 Å². The molecule has 0 heterocycles. The monoisotopic (exact) mass is 514 g/mol. The van der Waals surface area contributed by atoms with Gasteiger partial charge in [0, 0.05) is 0 Å². The lowest BCUT2D eigenvalue weighted by molar-refractivity contribution is 0.813. The molecule has 4 aromatic carbocycles. The largest absolute Gasteiger partial charge is 0.0839 e. The van der Waals surface area contributed by atoms with Crippen LogP contribution in [0, 0.1) is 0 Å². The van der Waals surface area contributed by atoms with Gasteiger partial charge in [0.2, 0.25) is 0 Å². The van der Waals surface area contributed by atoms with Crippen LogP contribution >= 0.6 is 0 Å². The third-order valence-corrected chi connectivity index (χ3v) is 10.3. The highest BCUT2D eigenvalue weighted by atomic mass is 14.3. The minimum atomic E-state index is 1.13. The van der Waals surface area contributed by atoms with Gasteiger partial charge in [-0.2, -0.15) is 0 Å². The van der Waals surface area contributed by atoms with Crippen molar-refractivity contribution in [2.75, 3.05) is 0 Å². The molecule has 5 aliphatic rings. The number of rotatable bonds is 2. The third kappa shape index (κ3) is 3.38. The molecular formula is C40H34. The van der Waals surface area contributed by atoms with Crippen molar-refractivity contribution in [2.24, 2.45) is 0 Å². The maximum atomic E-state index is 2.57. The van der Waals surface area contributed by atoms with Crippen LogP contribution in [0.1, 0.15) is 68.9 Å². The third-order valence-electron chi connectivity index (χ3n) is 10.3. The molecule has 4 aromatic rings. The number of aryl methyl sites for hydroxylation is 1. The van der Waals surface area contributed by atoms with Crippen LogP contribution in [0.3, 0.4) is 0 Å². The van der Waals surface area contributed by atoms with E-state index in [1.54, 1.807) is 39.0 Å². The van der Waals surface area contributed by atoms with Gasteiger partial charge in [-0.25, -0.2) is 0 Å². The fourth-order valence-electron chi connectivity index (χ4n) is 8.40. The van der Waals surface area contributed by atoms with Gasteiger partial charge in [-0.05, 0) is 152 Å². The second kappa shape index (κ2) is 8.80. The van der Waals surface area contributed by atoms with Crippen molar-refractivity contribution in [1.29, 1.82) is 0 Å². The summed E-state index contributed by atoms with van der Waals surface area (Å²) in [5.41, 5.74) is 14.1. The molecule has 0 spiro atoms. The molecular weight excluding hydrogens is 480 g/mol. The number of hydrogen-bond donors (Lipinski definition) is 0. The highest BCUT2D eigenvalue weighted by Crippen LogP contribution is 2.45. The molecule has 0 radical (unpaired) electrons. The van der Waals surface area contributed by atoms with Crippen molar-refractivity contribution in [2.45, 2.75) is 64.2 Å². The minimum Gasteiger partial charge on any atom is -0.0839 e. The fraction of sp³-hybridized carbons (Fsp3) is 0.250. The average molecular weight is 515 g/mol. The van der Waals surface area contributed by atoms with Gasteiger partial charge in [0.1, 0.15) is 0 Å². The van der Waals surface area contributed by atoms with E-state index >= 15 is 0 Å². The Morgan fingerprint density at radius 3 is 1.98 bits per heavy atom. The molecule has 194 valence electrons. The summed E-state index contributed by atoms with van der Waals surface area (Å²) in [5.74, 6) is 0. The SMILES string of the molecule is C1=CC2=C(C=C(C3=CC4=C(C=C(c5ccc6c7c8c(cccc8c8cccc5c68)=CCC7)CC4)CC3)CC2)CC1. The van der Waals surface area contributed by atoms with Crippen LogP contribution in [0.15, 0.2) is 112 Å². The van der Waals surface area contributed by atoms with Crippen LogP contribution in [0.5, 0.6) is 0 Å². The molecule has 0 bridgehead atoms. The van der Waals surface area contributed by atoms with E-state index in [-0.39, 0.29) is 0 Å². The Morgan fingerprint density at radius 2 is 1.12 bits per heavy atom. The topological polar surface area (TPSA) is 0 Å². The highest BCUT2D eigenvalue weighted by molar-refractivity contribution is 6.24. The van der Waals surface area contributed by atoms with Crippen LogP contribution in [-0.2, 0) is 6.42 Å². The zero-order chi connectivity index (χ0) is 26.2. The van der Waals surface area contributed by atoms with E-state index < -0.39 is 0 Å². The van der Waals surface area contributed by atoms with Crippen LogP contribution in [-0.4, -0.2) is 0 Å². The first-order chi connectivity index (χ1) is 19.8. The average Bonchev–Trinajstić information content (AvgIpc) is 3.02. The van der Waals surface area contributed by atoms with E-state index in [2.05, 4.69) is 85.0 Å². The summed E-state index contributed by atoms with van der Waals surface area (Å²) in [7, 11) is 0. The summed E-state index contributed by atoms with van der Waals surface area (Å²) in [6, 6.07) is 18.8. The maximum Gasteiger partial charge on any atom is -0.00235 e. The van der Waals surface area contributed by atoms with Crippen LogP contribution < -0.4 is 5.22 Å². The van der Waals surface area contributed by atoms with Crippen molar-refractivity contribution in [3.05, 3.63) is 129 Å². The van der Waals surface area contributed by atoms with Crippen molar-refractivity contribution >= 4 is 44.0 Å².